The second-order valence-corrected chi connectivity index (χ2v) is 7.50. The van der Waals surface area contributed by atoms with Gasteiger partial charge in [0.2, 0.25) is 11.8 Å². The first-order chi connectivity index (χ1) is 15.3. The quantitative estimate of drug-likeness (QED) is 0.368. The van der Waals surface area contributed by atoms with Gasteiger partial charge in [0.15, 0.2) is 0 Å². The van der Waals surface area contributed by atoms with Gasteiger partial charge in [-0.1, -0.05) is 12.1 Å². The summed E-state index contributed by atoms with van der Waals surface area (Å²) in [4.78, 5) is 59.9. The van der Waals surface area contributed by atoms with Crippen LogP contribution in [0.2, 0.25) is 0 Å². The number of nitrogens with zero attached hydrogens (tertiary/aromatic N) is 2. The summed E-state index contributed by atoms with van der Waals surface area (Å²) in [6.07, 6.45) is 0.483. The number of nitro groups is 1. The Labute approximate surface area is 181 Å². The Morgan fingerprint density at radius 1 is 1.16 bits per heavy atom. The van der Waals surface area contributed by atoms with Crippen LogP contribution in [0.5, 0.6) is 0 Å². The molecule has 0 aliphatic carbocycles. The van der Waals surface area contributed by atoms with E-state index in [0.29, 0.717) is 17.7 Å². The molecule has 0 radical (unpaired) electrons. The number of carbonyl (C=O) groups is 4. The van der Waals surface area contributed by atoms with Crippen molar-refractivity contribution < 1.29 is 24.1 Å². The Hall–Kier alpha value is -4.28. The monoisotopic (exact) mass is 437 g/mol. The topological polar surface area (TPSA) is 151 Å². The largest absolute Gasteiger partial charge is 0.334 e. The summed E-state index contributed by atoms with van der Waals surface area (Å²) in [5.74, 6) is -1.06. The third-order valence-corrected chi connectivity index (χ3v) is 5.38. The first-order valence-electron chi connectivity index (χ1n) is 9.87. The smallest absolute Gasteiger partial charge is 0.319 e. The number of rotatable bonds is 5. The van der Waals surface area contributed by atoms with Gasteiger partial charge in [0.05, 0.1) is 4.92 Å². The van der Waals surface area contributed by atoms with Crippen LogP contribution in [0.1, 0.15) is 34.3 Å². The summed E-state index contributed by atoms with van der Waals surface area (Å²) in [7, 11) is 0. The van der Waals surface area contributed by atoms with E-state index in [1.807, 2.05) is 0 Å². The molecule has 1 atom stereocenters. The lowest BCUT2D eigenvalue weighted by Crippen LogP contribution is -2.52. The van der Waals surface area contributed by atoms with Crippen LogP contribution in [0, 0.1) is 10.1 Å². The fourth-order valence-electron chi connectivity index (χ4n) is 3.76. The number of piperidine rings is 1. The molecule has 0 bridgehead atoms. The molecule has 1 fully saturated rings. The zero-order chi connectivity index (χ0) is 22.8. The highest BCUT2D eigenvalue weighted by Crippen LogP contribution is 2.28. The van der Waals surface area contributed by atoms with Gasteiger partial charge in [0.1, 0.15) is 6.04 Å². The Bertz CT molecular complexity index is 1130. The molecule has 4 rings (SSSR count). The molecule has 3 N–H and O–H groups in total. The van der Waals surface area contributed by atoms with E-state index in [-0.39, 0.29) is 37.0 Å². The minimum Gasteiger partial charge on any atom is -0.334 e. The number of benzene rings is 2. The van der Waals surface area contributed by atoms with E-state index in [1.54, 1.807) is 18.2 Å². The average molecular weight is 437 g/mol. The number of non-ortho nitro benzene ring substituents is 1. The van der Waals surface area contributed by atoms with E-state index in [0.717, 1.165) is 11.1 Å². The zero-order valence-electron chi connectivity index (χ0n) is 16.8. The molecule has 1 saturated heterocycles. The third-order valence-electron chi connectivity index (χ3n) is 5.38. The molecule has 0 spiro atoms. The highest BCUT2D eigenvalue weighted by atomic mass is 16.6. The Kier molecular flexibility index (Phi) is 5.54. The van der Waals surface area contributed by atoms with E-state index in [9.17, 15) is 29.3 Å². The molecular formula is C21H19N5O6. The summed E-state index contributed by atoms with van der Waals surface area (Å²) in [5, 5.41) is 18.2. The number of fused-ring (bicyclic) bond motifs is 1. The maximum atomic E-state index is 12.7. The molecule has 5 amide bonds. The highest BCUT2D eigenvalue weighted by molar-refractivity contribution is 6.05. The van der Waals surface area contributed by atoms with Crippen LogP contribution in [0.4, 0.5) is 16.2 Å². The van der Waals surface area contributed by atoms with Crippen LogP contribution in [0.3, 0.4) is 0 Å². The van der Waals surface area contributed by atoms with Gasteiger partial charge in [-0.05, 0) is 35.7 Å². The molecule has 1 unspecified atom stereocenters. The number of hydrogen-bond acceptors (Lipinski definition) is 6. The number of urea groups is 1. The van der Waals surface area contributed by atoms with Gasteiger partial charge in [-0.25, -0.2) is 4.79 Å². The van der Waals surface area contributed by atoms with Crippen molar-refractivity contribution in [3.8, 4) is 0 Å². The van der Waals surface area contributed by atoms with E-state index in [1.165, 1.54) is 29.2 Å². The Morgan fingerprint density at radius 3 is 2.59 bits per heavy atom. The molecule has 2 aromatic carbocycles. The summed E-state index contributed by atoms with van der Waals surface area (Å²) in [5.41, 5.74) is 2.34. The van der Waals surface area contributed by atoms with Crippen molar-refractivity contribution in [1.29, 1.82) is 0 Å². The lowest BCUT2D eigenvalue weighted by atomic mass is 10.0. The van der Waals surface area contributed by atoms with Crippen LogP contribution < -0.4 is 16.0 Å². The van der Waals surface area contributed by atoms with Gasteiger partial charge in [-0.15, -0.1) is 0 Å². The lowest BCUT2D eigenvalue weighted by Gasteiger charge is -2.29. The van der Waals surface area contributed by atoms with Crippen molar-refractivity contribution in [1.82, 2.24) is 15.5 Å². The molecule has 2 aromatic rings. The van der Waals surface area contributed by atoms with Crippen molar-refractivity contribution >= 4 is 35.1 Å². The number of carbonyl (C=O) groups excluding carboxylic acids is 4. The first-order valence-corrected chi connectivity index (χ1v) is 9.87. The standard InChI is InChI=1S/C21H19N5O6/c27-18-8-7-17(19(28)24-18)25-11-13-9-12(1-6-16(13)20(25)29)10-22-21(30)23-14-2-4-15(5-3-14)26(31)32/h1-6,9,17H,7-8,10-11H2,(H2,22,23,30)(H,24,27,28). The van der Waals surface area contributed by atoms with E-state index >= 15 is 0 Å². The van der Waals surface area contributed by atoms with E-state index < -0.39 is 22.9 Å². The van der Waals surface area contributed by atoms with Crippen molar-refractivity contribution in [2.24, 2.45) is 0 Å². The summed E-state index contributed by atoms with van der Waals surface area (Å²) in [6.45, 7) is 0.446. The molecule has 2 aliphatic rings. The number of imide groups is 1. The van der Waals surface area contributed by atoms with Gasteiger partial charge in [-0.2, -0.15) is 0 Å². The molecule has 2 aliphatic heterocycles. The van der Waals surface area contributed by atoms with Gasteiger partial charge >= 0.3 is 6.03 Å². The molecule has 11 heteroatoms. The minimum atomic E-state index is -0.679. The van der Waals surface area contributed by atoms with Crippen molar-refractivity contribution in [3.63, 3.8) is 0 Å². The van der Waals surface area contributed by atoms with Gasteiger partial charge < -0.3 is 15.5 Å². The van der Waals surface area contributed by atoms with Crippen molar-refractivity contribution in [3.05, 3.63) is 69.3 Å². The SMILES string of the molecule is O=C1CCC(N2Cc3cc(CNC(=O)Nc4ccc([N+](=O)[O-])cc4)ccc3C2=O)C(=O)N1. The number of anilines is 1. The molecule has 32 heavy (non-hydrogen) atoms. The maximum Gasteiger partial charge on any atom is 0.319 e. The second kappa shape index (κ2) is 8.46. The second-order valence-electron chi connectivity index (χ2n) is 7.50. The Morgan fingerprint density at radius 2 is 1.91 bits per heavy atom. The van der Waals surface area contributed by atoms with Gasteiger partial charge in [0, 0.05) is 42.9 Å². The van der Waals surface area contributed by atoms with Crippen molar-refractivity contribution in [2.75, 3.05) is 5.32 Å². The molecule has 11 nitrogen and oxygen atoms in total. The fourth-order valence-corrected chi connectivity index (χ4v) is 3.76. The third kappa shape index (κ3) is 4.26. The van der Waals surface area contributed by atoms with Gasteiger partial charge in [-0.3, -0.25) is 29.8 Å². The zero-order valence-corrected chi connectivity index (χ0v) is 16.8. The number of nitrogens with one attached hydrogen (secondary N) is 3. The lowest BCUT2D eigenvalue weighted by molar-refractivity contribution is -0.384. The van der Waals surface area contributed by atoms with Crippen molar-refractivity contribution in [2.45, 2.75) is 32.0 Å². The van der Waals surface area contributed by atoms with Crippen LogP contribution in [0.15, 0.2) is 42.5 Å². The molecular weight excluding hydrogens is 418 g/mol. The molecule has 0 saturated carbocycles. The molecule has 164 valence electrons. The fraction of sp³-hybridized carbons (Fsp3) is 0.238. The number of nitro benzene ring substituents is 1. The van der Waals surface area contributed by atoms with Crippen LogP contribution >= 0.6 is 0 Å². The van der Waals surface area contributed by atoms with E-state index in [2.05, 4.69) is 16.0 Å². The number of hydrogen-bond donors (Lipinski definition) is 3. The Balaban J connectivity index is 1.36. The average Bonchev–Trinajstić information content (AvgIpc) is 3.08. The summed E-state index contributed by atoms with van der Waals surface area (Å²) in [6, 6.07) is 9.46. The minimum absolute atomic E-state index is 0.0741. The summed E-state index contributed by atoms with van der Waals surface area (Å²) >= 11 is 0. The predicted molar refractivity (Wildman–Crippen MR) is 111 cm³/mol. The van der Waals surface area contributed by atoms with Gasteiger partial charge in [0.25, 0.3) is 11.6 Å². The van der Waals surface area contributed by atoms with E-state index in [4.69, 9.17) is 0 Å². The van der Waals surface area contributed by atoms with Crippen LogP contribution in [-0.2, 0) is 22.7 Å². The number of amides is 5. The predicted octanol–water partition coefficient (Wildman–Crippen LogP) is 1.68. The maximum absolute atomic E-state index is 12.7. The van der Waals surface area contributed by atoms with Crippen LogP contribution in [0.25, 0.3) is 0 Å². The normalized spacial score (nSPS) is 17.6. The summed E-state index contributed by atoms with van der Waals surface area (Å²) < 4.78 is 0. The molecule has 2 heterocycles. The highest BCUT2D eigenvalue weighted by Gasteiger charge is 2.39. The van der Waals surface area contributed by atoms with Crippen LogP contribution in [-0.4, -0.2) is 39.6 Å². The molecule has 0 aromatic heterocycles. The first kappa shape index (κ1) is 21.0.